The zero-order valence-corrected chi connectivity index (χ0v) is 10.7. The average Bonchev–Trinajstić information content (AvgIpc) is 2.60. The lowest BCUT2D eigenvalue weighted by molar-refractivity contribution is -0.128. The molecular weight excluding hydrogens is 204 g/mol. The molecule has 0 radical (unpaired) electrons. The van der Waals surface area contributed by atoms with E-state index in [1.165, 1.54) is 0 Å². The number of amides is 1. The number of nitrogens with zero attached hydrogens (tertiary/aromatic N) is 1. The van der Waals surface area contributed by atoms with Gasteiger partial charge in [0.15, 0.2) is 0 Å². The molecule has 1 heterocycles. The smallest absolute Gasteiger partial charge is 0.237 e. The van der Waals surface area contributed by atoms with Gasteiger partial charge in [0.25, 0.3) is 0 Å². The van der Waals surface area contributed by atoms with Crippen LogP contribution in [0.4, 0.5) is 0 Å². The van der Waals surface area contributed by atoms with Crippen LogP contribution < -0.4 is 5.32 Å². The second-order valence-corrected chi connectivity index (χ2v) is 4.71. The molecule has 0 spiro atoms. The molecule has 1 atom stereocenters. The predicted molar refractivity (Wildman–Crippen MR) is 64.1 cm³/mol. The Morgan fingerprint density at radius 2 is 2.19 bits per heavy atom. The fourth-order valence-electron chi connectivity index (χ4n) is 2.12. The summed E-state index contributed by atoms with van der Waals surface area (Å²) in [4.78, 5) is 13.6. The largest absolute Gasteiger partial charge is 0.385 e. The normalized spacial score (nSPS) is 21.1. The van der Waals surface area contributed by atoms with E-state index in [4.69, 9.17) is 4.74 Å². The number of carbonyl (C=O) groups is 1. The molecule has 0 aromatic rings. The molecule has 0 aliphatic carbocycles. The van der Waals surface area contributed by atoms with Crippen LogP contribution in [0.3, 0.4) is 0 Å². The second kappa shape index (κ2) is 6.86. The van der Waals surface area contributed by atoms with Crippen LogP contribution in [-0.2, 0) is 9.53 Å². The van der Waals surface area contributed by atoms with Gasteiger partial charge in [-0.2, -0.15) is 0 Å². The number of hydrogen-bond donors (Lipinski definition) is 1. The molecule has 1 unspecified atom stereocenters. The molecule has 4 nitrogen and oxygen atoms in total. The maximum Gasteiger partial charge on any atom is 0.237 e. The quantitative estimate of drug-likeness (QED) is 0.666. The van der Waals surface area contributed by atoms with Crippen LogP contribution in [0.5, 0.6) is 0 Å². The summed E-state index contributed by atoms with van der Waals surface area (Å²) in [5, 5.41) is 3.26. The molecule has 1 saturated heterocycles. The molecule has 1 rings (SSSR count). The first-order chi connectivity index (χ1) is 7.66. The Morgan fingerprint density at radius 1 is 1.44 bits per heavy atom. The molecule has 0 aromatic heterocycles. The molecule has 1 N–H and O–H groups in total. The molecule has 0 saturated carbocycles. The molecule has 0 bridgehead atoms. The molecule has 1 amide bonds. The average molecular weight is 228 g/mol. The van der Waals surface area contributed by atoms with Crippen LogP contribution in [0.15, 0.2) is 0 Å². The SMILES string of the molecule is COCCCCCN1C(=O)CNC1C(C)C. The van der Waals surface area contributed by atoms with Crippen LogP contribution in [0, 0.1) is 5.92 Å². The monoisotopic (exact) mass is 228 g/mol. The summed E-state index contributed by atoms with van der Waals surface area (Å²) in [6.45, 7) is 6.49. The Morgan fingerprint density at radius 3 is 2.81 bits per heavy atom. The van der Waals surface area contributed by atoms with Gasteiger partial charge < -0.3 is 9.64 Å². The first kappa shape index (κ1) is 13.5. The lowest BCUT2D eigenvalue weighted by Crippen LogP contribution is -2.41. The van der Waals surface area contributed by atoms with E-state index in [-0.39, 0.29) is 12.1 Å². The molecule has 1 aliphatic heterocycles. The lowest BCUT2D eigenvalue weighted by atomic mass is 10.1. The van der Waals surface area contributed by atoms with E-state index in [1.54, 1.807) is 7.11 Å². The van der Waals surface area contributed by atoms with Crippen molar-refractivity contribution in [3.05, 3.63) is 0 Å². The molecule has 1 fully saturated rings. The van der Waals surface area contributed by atoms with Crippen molar-refractivity contribution in [3.8, 4) is 0 Å². The van der Waals surface area contributed by atoms with Gasteiger partial charge in [0.2, 0.25) is 5.91 Å². The van der Waals surface area contributed by atoms with Crippen molar-refractivity contribution in [1.82, 2.24) is 10.2 Å². The van der Waals surface area contributed by atoms with Crippen LogP contribution in [0.25, 0.3) is 0 Å². The highest BCUT2D eigenvalue weighted by atomic mass is 16.5. The van der Waals surface area contributed by atoms with Crippen molar-refractivity contribution >= 4 is 5.91 Å². The number of rotatable bonds is 7. The Labute approximate surface area is 98.3 Å². The summed E-state index contributed by atoms with van der Waals surface area (Å²) in [7, 11) is 1.72. The Hall–Kier alpha value is -0.610. The third-order valence-corrected chi connectivity index (χ3v) is 3.00. The molecule has 16 heavy (non-hydrogen) atoms. The number of hydrogen-bond acceptors (Lipinski definition) is 3. The van der Waals surface area contributed by atoms with Crippen molar-refractivity contribution in [3.63, 3.8) is 0 Å². The van der Waals surface area contributed by atoms with E-state index >= 15 is 0 Å². The summed E-state index contributed by atoms with van der Waals surface area (Å²) >= 11 is 0. The molecule has 1 aliphatic rings. The van der Waals surface area contributed by atoms with Crippen molar-refractivity contribution in [2.75, 3.05) is 26.8 Å². The van der Waals surface area contributed by atoms with Gasteiger partial charge in [-0.15, -0.1) is 0 Å². The molecule has 4 heteroatoms. The maximum atomic E-state index is 11.6. The zero-order valence-electron chi connectivity index (χ0n) is 10.7. The highest BCUT2D eigenvalue weighted by molar-refractivity contribution is 5.80. The van der Waals surface area contributed by atoms with Gasteiger partial charge in [0.1, 0.15) is 0 Å². The van der Waals surface area contributed by atoms with E-state index < -0.39 is 0 Å². The number of carbonyl (C=O) groups excluding carboxylic acids is 1. The van der Waals surface area contributed by atoms with E-state index in [0.29, 0.717) is 12.5 Å². The summed E-state index contributed by atoms with van der Waals surface area (Å²) in [5.41, 5.74) is 0. The van der Waals surface area contributed by atoms with Gasteiger partial charge in [-0.25, -0.2) is 0 Å². The van der Waals surface area contributed by atoms with Gasteiger partial charge in [-0.1, -0.05) is 13.8 Å². The van der Waals surface area contributed by atoms with Crippen LogP contribution in [-0.4, -0.2) is 43.8 Å². The summed E-state index contributed by atoms with van der Waals surface area (Å²) in [6.07, 6.45) is 3.51. The zero-order chi connectivity index (χ0) is 12.0. The highest BCUT2D eigenvalue weighted by Crippen LogP contribution is 2.14. The van der Waals surface area contributed by atoms with E-state index in [9.17, 15) is 4.79 Å². The third kappa shape index (κ3) is 3.76. The van der Waals surface area contributed by atoms with Gasteiger partial charge in [-0.3, -0.25) is 10.1 Å². The molecular formula is C12H24N2O2. The summed E-state index contributed by atoms with van der Waals surface area (Å²) in [5.74, 6) is 0.718. The Balaban J connectivity index is 2.25. The minimum Gasteiger partial charge on any atom is -0.385 e. The standard InChI is InChI=1S/C12H24N2O2/c1-10(2)12-13-9-11(15)14(12)7-5-4-6-8-16-3/h10,12-13H,4-9H2,1-3H3. The first-order valence-corrected chi connectivity index (χ1v) is 6.18. The second-order valence-electron chi connectivity index (χ2n) is 4.71. The number of ether oxygens (including phenoxy) is 1. The highest BCUT2D eigenvalue weighted by Gasteiger charge is 2.31. The number of unbranched alkanes of at least 4 members (excludes halogenated alkanes) is 2. The molecule has 94 valence electrons. The minimum absolute atomic E-state index is 0.231. The van der Waals surface area contributed by atoms with Crippen LogP contribution >= 0.6 is 0 Å². The maximum absolute atomic E-state index is 11.6. The van der Waals surface area contributed by atoms with Crippen molar-refractivity contribution in [2.45, 2.75) is 39.3 Å². The first-order valence-electron chi connectivity index (χ1n) is 6.18. The lowest BCUT2D eigenvalue weighted by Gasteiger charge is -2.27. The summed E-state index contributed by atoms with van der Waals surface area (Å²) in [6, 6.07) is 0. The molecule has 0 aromatic carbocycles. The van der Waals surface area contributed by atoms with Crippen LogP contribution in [0.1, 0.15) is 33.1 Å². The van der Waals surface area contributed by atoms with Crippen LogP contribution in [0.2, 0.25) is 0 Å². The van der Waals surface area contributed by atoms with Crippen molar-refractivity contribution < 1.29 is 9.53 Å². The van der Waals surface area contributed by atoms with E-state index in [1.807, 2.05) is 4.90 Å². The van der Waals surface area contributed by atoms with Gasteiger partial charge in [-0.05, 0) is 25.2 Å². The Kier molecular flexibility index (Phi) is 5.77. The third-order valence-electron chi connectivity index (χ3n) is 3.00. The number of nitrogens with one attached hydrogen (secondary N) is 1. The Bertz CT molecular complexity index is 219. The van der Waals surface area contributed by atoms with Gasteiger partial charge in [0.05, 0.1) is 12.7 Å². The predicted octanol–water partition coefficient (Wildman–Crippen LogP) is 1.22. The topological polar surface area (TPSA) is 41.6 Å². The fraction of sp³-hybridized carbons (Fsp3) is 0.917. The van der Waals surface area contributed by atoms with Gasteiger partial charge in [0, 0.05) is 20.3 Å². The van der Waals surface area contributed by atoms with E-state index in [0.717, 1.165) is 32.4 Å². The van der Waals surface area contributed by atoms with Crippen molar-refractivity contribution in [1.29, 1.82) is 0 Å². The number of methoxy groups -OCH3 is 1. The van der Waals surface area contributed by atoms with Gasteiger partial charge >= 0.3 is 0 Å². The summed E-state index contributed by atoms with van der Waals surface area (Å²) < 4.78 is 5.00. The van der Waals surface area contributed by atoms with E-state index in [2.05, 4.69) is 19.2 Å². The van der Waals surface area contributed by atoms with Crippen molar-refractivity contribution in [2.24, 2.45) is 5.92 Å². The minimum atomic E-state index is 0.231. The fourth-order valence-corrected chi connectivity index (χ4v) is 2.12.